The molecule has 0 saturated carbocycles. The third kappa shape index (κ3) is 17.6. The van der Waals surface area contributed by atoms with Gasteiger partial charge in [-0.1, -0.05) is 93.4 Å². The highest BCUT2D eigenvalue weighted by atomic mass is 19.4. The SMILES string of the molecule is C[N+]1=C(/C=C/C=C/C=C2\N(CCCCCC(=O)NCCCCNc3c(NCCCOc4cccc(CN5CCCCC5)c4)c(=O)c3=O)c3ccccc3C2(C)C)C(C)(C)c2ccccc21.O=C(O)C(F)(F)F.O=C([O-])C(F)(F)F. The summed E-state index contributed by atoms with van der Waals surface area (Å²) in [6, 6.07) is 25.7. The van der Waals surface area contributed by atoms with Crippen molar-refractivity contribution in [1.82, 2.24) is 10.2 Å². The highest BCUT2D eigenvalue weighted by Gasteiger charge is 2.43. The number of anilines is 3. The van der Waals surface area contributed by atoms with Gasteiger partial charge in [0, 0.05) is 73.6 Å². The van der Waals surface area contributed by atoms with Crippen LogP contribution in [-0.2, 0) is 31.8 Å². The van der Waals surface area contributed by atoms with Crippen molar-refractivity contribution in [1.29, 1.82) is 0 Å². The normalized spacial score (nSPS) is 16.3. The van der Waals surface area contributed by atoms with Crippen LogP contribution in [0.25, 0.3) is 0 Å². The predicted molar refractivity (Wildman–Crippen MR) is 293 cm³/mol. The molecule has 1 saturated heterocycles. The molecule has 4 aromatic carbocycles. The number of nitrogens with zero attached hydrogens (tertiary/aromatic N) is 3. The van der Waals surface area contributed by atoms with Gasteiger partial charge in [0.15, 0.2) is 5.71 Å². The number of piperidine rings is 1. The zero-order valence-corrected chi connectivity index (χ0v) is 45.5. The van der Waals surface area contributed by atoms with E-state index in [1.165, 1.54) is 58.7 Å². The topological polar surface area (TPSA) is 183 Å². The summed E-state index contributed by atoms with van der Waals surface area (Å²) in [7, 11) is 2.15. The summed E-state index contributed by atoms with van der Waals surface area (Å²) in [5.74, 6) is -4.84. The Morgan fingerprint density at radius 1 is 0.734 bits per heavy atom. The van der Waals surface area contributed by atoms with E-state index in [1.54, 1.807) is 0 Å². The lowest BCUT2D eigenvalue weighted by Gasteiger charge is -2.27. The van der Waals surface area contributed by atoms with Gasteiger partial charge >= 0.3 is 18.3 Å². The van der Waals surface area contributed by atoms with E-state index in [9.17, 15) is 40.7 Å². The number of amides is 1. The quantitative estimate of drug-likeness (QED) is 0.0182. The van der Waals surface area contributed by atoms with Gasteiger partial charge in [-0.05, 0) is 107 Å². The fraction of sp³-hybridized carbons (Fsp3) is 0.458. The molecule has 4 aromatic rings. The Morgan fingerprint density at radius 2 is 1.34 bits per heavy atom. The van der Waals surface area contributed by atoms with Crippen molar-refractivity contribution in [2.45, 2.75) is 122 Å². The second kappa shape index (κ2) is 28.6. The van der Waals surface area contributed by atoms with E-state index in [1.807, 2.05) is 12.1 Å². The molecule has 0 spiro atoms. The van der Waals surface area contributed by atoms with Gasteiger partial charge in [0.2, 0.25) is 11.6 Å². The summed E-state index contributed by atoms with van der Waals surface area (Å²) in [6.45, 7) is 15.5. The number of likely N-dealkylation sites (tertiary alicyclic amines) is 1. The van der Waals surface area contributed by atoms with E-state index >= 15 is 0 Å². The third-order valence-electron chi connectivity index (χ3n) is 14.0. The minimum Gasteiger partial charge on any atom is -0.542 e. The number of carbonyl (C=O) groups is 3. The molecule has 0 aliphatic carbocycles. The van der Waals surface area contributed by atoms with Crippen molar-refractivity contribution in [3.05, 3.63) is 146 Å². The molecule has 3 heterocycles. The number of halogens is 6. The molecule has 7 rings (SSSR count). The molecule has 4 N–H and O–H groups in total. The smallest absolute Gasteiger partial charge is 0.490 e. The van der Waals surface area contributed by atoms with Gasteiger partial charge in [0.1, 0.15) is 30.1 Å². The molecule has 1 fully saturated rings. The number of carbonyl (C=O) groups excluding carboxylic acids is 2. The number of nitrogens with one attached hydrogen (secondary N) is 3. The van der Waals surface area contributed by atoms with Crippen LogP contribution in [0, 0.1) is 0 Å². The molecule has 3 aliphatic rings. The second-order valence-electron chi connectivity index (χ2n) is 20.6. The fourth-order valence-corrected chi connectivity index (χ4v) is 9.87. The highest BCUT2D eigenvalue weighted by molar-refractivity contribution is 6.03. The van der Waals surface area contributed by atoms with Gasteiger partial charge < -0.3 is 40.6 Å². The summed E-state index contributed by atoms with van der Waals surface area (Å²) in [5.41, 5.74) is 8.65. The van der Waals surface area contributed by atoms with Crippen molar-refractivity contribution in [3.63, 3.8) is 0 Å². The first-order valence-electron chi connectivity index (χ1n) is 26.6. The molecule has 3 aliphatic heterocycles. The van der Waals surface area contributed by atoms with Gasteiger partial charge in [-0.3, -0.25) is 19.3 Å². The van der Waals surface area contributed by atoms with Crippen LogP contribution in [0.1, 0.15) is 109 Å². The number of carboxylic acids is 2. The van der Waals surface area contributed by atoms with Gasteiger partial charge in [0.25, 0.3) is 10.9 Å². The third-order valence-corrected chi connectivity index (χ3v) is 14.0. The van der Waals surface area contributed by atoms with Gasteiger partial charge in [-0.2, -0.15) is 30.9 Å². The van der Waals surface area contributed by atoms with E-state index in [0.29, 0.717) is 50.5 Å². The van der Waals surface area contributed by atoms with Gasteiger partial charge in [-0.15, -0.1) is 0 Å². The average Bonchev–Trinajstić information content (AvgIpc) is 3.90. The lowest BCUT2D eigenvalue weighted by molar-refractivity contribution is -0.401. The van der Waals surface area contributed by atoms with Crippen LogP contribution >= 0.6 is 0 Å². The lowest BCUT2D eigenvalue weighted by Crippen LogP contribution is -2.38. The molecule has 0 aromatic heterocycles. The minimum absolute atomic E-state index is 0.0538. The molecule has 428 valence electrons. The Labute approximate surface area is 457 Å². The number of fused-ring (bicyclic) bond motifs is 2. The number of aliphatic carboxylic acids is 2. The molecule has 14 nitrogen and oxygen atoms in total. The Hall–Kier alpha value is -7.22. The first-order valence-corrected chi connectivity index (χ1v) is 26.6. The summed E-state index contributed by atoms with van der Waals surface area (Å²) >= 11 is 0. The Bertz CT molecular complexity index is 2890. The number of rotatable bonds is 23. The van der Waals surface area contributed by atoms with Crippen LogP contribution < -0.4 is 41.6 Å². The number of allylic oxidation sites excluding steroid dienone is 6. The maximum atomic E-state index is 12.7. The van der Waals surface area contributed by atoms with Gasteiger partial charge in [0.05, 0.1) is 12.0 Å². The first kappa shape index (κ1) is 62.6. The zero-order valence-electron chi connectivity index (χ0n) is 45.5. The molecular formula is C59H72F6N6O8. The lowest BCUT2D eigenvalue weighted by atomic mass is 9.81. The summed E-state index contributed by atoms with van der Waals surface area (Å²) in [4.78, 5) is 59.9. The molecular weight excluding hydrogens is 1030 g/mol. The van der Waals surface area contributed by atoms with Crippen molar-refractivity contribution >= 4 is 46.3 Å². The van der Waals surface area contributed by atoms with Crippen LogP contribution in [0.4, 0.5) is 49.1 Å². The fourth-order valence-electron chi connectivity index (χ4n) is 9.87. The van der Waals surface area contributed by atoms with Crippen LogP contribution in [0.5, 0.6) is 5.75 Å². The Balaban J connectivity index is 0.000000725. The van der Waals surface area contributed by atoms with Crippen LogP contribution in [0.2, 0.25) is 0 Å². The van der Waals surface area contributed by atoms with Crippen LogP contribution in [-0.4, -0.2) is 103 Å². The number of para-hydroxylation sites is 2. The number of alkyl halides is 6. The molecule has 0 radical (unpaired) electrons. The van der Waals surface area contributed by atoms with Crippen molar-refractivity contribution in [3.8, 4) is 5.75 Å². The first-order chi connectivity index (χ1) is 37.3. The van der Waals surface area contributed by atoms with E-state index in [0.717, 1.165) is 64.0 Å². The molecule has 0 atom stereocenters. The number of hydrogen-bond donors (Lipinski definition) is 4. The molecule has 79 heavy (non-hydrogen) atoms. The maximum Gasteiger partial charge on any atom is 0.490 e. The van der Waals surface area contributed by atoms with Gasteiger partial charge in [-0.25, -0.2) is 4.79 Å². The number of unbranched alkanes of at least 4 members (excludes halogenated alkanes) is 3. The summed E-state index contributed by atoms with van der Waals surface area (Å²) < 4.78 is 71.6. The van der Waals surface area contributed by atoms with Crippen molar-refractivity contribution in [2.75, 3.05) is 68.5 Å². The van der Waals surface area contributed by atoms with E-state index in [4.69, 9.17) is 24.5 Å². The minimum atomic E-state index is -5.19. The molecule has 0 unspecified atom stereocenters. The average molecular weight is 1110 g/mol. The number of benzene rings is 3. The Kier molecular flexibility index (Phi) is 22.7. The van der Waals surface area contributed by atoms with E-state index in [2.05, 4.69) is 156 Å². The monoisotopic (exact) mass is 1110 g/mol. The predicted octanol–water partition coefficient (Wildman–Crippen LogP) is 9.45. The highest BCUT2D eigenvalue weighted by Crippen LogP contribution is 2.47. The molecule has 20 heteroatoms. The van der Waals surface area contributed by atoms with Crippen molar-refractivity contribution in [2.24, 2.45) is 0 Å². The number of hydrogen-bond acceptors (Lipinski definition) is 11. The van der Waals surface area contributed by atoms with E-state index < -0.39 is 35.1 Å². The second-order valence-corrected chi connectivity index (χ2v) is 20.6. The zero-order chi connectivity index (χ0) is 58.0. The van der Waals surface area contributed by atoms with Crippen LogP contribution in [0.15, 0.2) is 118 Å². The summed E-state index contributed by atoms with van der Waals surface area (Å²) in [5, 5.41) is 25.3. The summed E-state index contributed by atoms with van der Waals surface area (Å²) in [6.07, 6.45) is 10.1. The van der Waals surface area contributed by atoms with Crippen LogP contribution in [0.3, 0.4) is 0 Å². The van der Waals surface area contributed by atoms with E-state index in [-0.39, 0.29) is 16.7 Å². The number of carboxylic acid groups (broad SMARTS) is 2. The standard InChI is InChI=1S/C55H70N6O4.2C2HF3O2/c1-54(2)43-25-12-14-27-45(43)59(5)47(54)29-9-6-10-30-48-55(3,4)44-26-13-15-28-46(44)61(48)37-20-7-11-31-49(62)56-32-16-17-33-57-50-51(53(64)52(50)63)58-34-22-38-65-42-24-21-23-41(39-42)40-60-35-18-8-19-36-60;2*3-2(4,5)1(6)7/h6,9-10,12-15,21,23-30,39H,7-8,11,16-20,22,31-38,40H2,1-5H3,(H2-,56,57,58,62,63,64);2*(H,6,7). The molecule has 0 bridgehead atoms. The van der Waals surface area contributed by atoms with Crippen molar-refractivity contribution < 1.29 is 60.3 Å². The Morgan fingerprint density at radius 3 is 1.97 bits per heavy atom. The molecule has 1 amide bonds. The number of ether oxygens (including phenoxy) is 1. The maximum absolute atomic E-state index is 12.7. The largest absolute Gasteiger partial charge is 0.542 e.